The lowest BCUT2D eigenvalue weighted by Gasteiger charge is -2.04. The van der Waals surface area contributed by atoms with Gasteiger partial charge in [0.15, 0.2) is 5.78 Å². The molecule has 2 rings (SSSR count). The smallest absolute Gasteiger partial charge is 0.176 e. The molecule has 104 valence electrons. The van der Waals surface area contributed by atoms with Crippen LogP contribution in [0.2, 0.25) is 5.02 Å². The minimum absolute atomic E-state index is 0.0191. The van der Waals surface area contributed by atoms with Crippen molar-refractivity contribution in [2.24, 2.45) is 0 Å². The van der Waals surface area contributed by atoms with E-state index in [0.29, 0.717) is 16.3 Å². The van der Waals surface area contributed by atoms with Crippen molar-refractivity contribution in [3.63, 3.8) is 0 Å². The quantitative estimate of drug-likeness (QED) is 0.737. The van der Waals surface area contributed by atoms with Crippen LogP contribution >= 0.6 is 27.5 Å². The lowest BCUT2D eigenvalue weighted by molar-refractivity contribution is 0.102. The molecule has 0 bridgehead atoms. The van der Waals surface area contributed by atoms with Crippen molar-refractivity contribution in [3.8, 4) is 0 Å². The Morgan fingerprint density at radius 1 is 1.10 bits per heavy atom. The van der Waals surface area contributed by atoms with E-state index < -0.39 is 10.8 Å². The maximum Gasteiger partial charge on any atom is 0.176 e. The first kappa shape index (κ1) is 15.4. The summed E-state index contributed by atoms with van der Waals surface area (Å²) in [5, 5.41) is 0.642. The van der Waals surface area contributed by atoms with Crippen LogP contribution < -0.4 is 0 Å². The molecule has 0 spiro atoms. The molecule has 0 saturated heterocycles. The van der Waals surface area contributed by atoms with E-state index in [0.717, 1.165) is 10.0 Å². The van der Waals surface area contributed by atoms with E-state index in [2.05, 4.69) is 15.9 Å². The van der Waals surface area contributed by atoms with Gasteiger partial charge in [-0.05, 0) is 23.8 Å². The Morgan fingerprint density at radius 3 is 2.40 bits per heavy atom. The normalized spacial score (nSPS) is 12.1. The first-order valence-electron chi connectivity index (χ1n) is 5.93. The zero-order chi connectivity index (χ0) is 14.5. The van der Waals surface area contributed by atoms with Crippen molar-refractivity contribution in [2.45, 2.75) is 5.75 Å². The second kappa shape index (κ2) is 7.16. The average molecular weight is 372 g/mol. The minimum Gasteiger partial charge on any atom is -0.293 e. The van der Waals surface area contributed by atoms with E-state index >= 15 is 0 Å². The van der Waals surface area contributed by atoms with E-state index in [1.807, 2.05) is 18.2 Å². The second-order valence-corrected chi connectivity index (χ2v) is 7.01. The molecule has 0 heterocycles. The Morgan fingerprint density at radius 2 is 1.75 bits per heavy atom. The number of rotatable bonds is 5. The van der Waals surface area contributed by atoms with Crippen LogP contribution in [0, 0.1) is 0 Å². The van der Waals surface area contributed by atoms with Gasteiger partial charge in [-0.1, -0.05) is 57.9 Å². The summed E-state index contributed by atoms with van der Waals surface area (Å²) in [6, 6.07) is 14.3. The summed E-state index contributed by atoms with van der Waals surface area (Å²) in [6.07, 6.45) is 0. The summed E-state index contributed by atoms with van der Waals surface area (Å²) in [6.45, 7) is 0. The Hall–Kier alpha value is -0.970. The molecule has 2 nitrogen and oxygen atoms in total. The number of halogens is 2. The molecule has 0 aliphatic carbocycles. The van der Waals surface area contributed by atoms with Crippen LogP contribution in [0.1, 0.15) is 15.9 Å². The van der Waals surface area contributed by atoms with Crippen LogP contribution in [0.5, 0.6) is 0 Å². The van der Waals surface area contributed by atoms with Crippen molar-refractivity contribution in [2.75, 3.05) is 5.75 Å². The molecular weight excluding hydrogens is 360 g/mol. The predicted molar refractivity (Wildman–Crippen MR) is 86.6 cm³/mol. The minimum atomic E-state index is -1.23. The third kappa shape index (κ3) is 4.27. The Kier molecular flexibility index (Phi) is 5.52. The monoisotopic (exact) mass is 370 g/mol. The van der Waals surface area contributed by atoms with Crippen LogP contribution in [0.15, 0.2) is 53.0 Å². The molecule has 0 amide bonds. The number of hydrogen-bond donors (Lipinski definition) is 0. The van der Waals surface area contributed by atoms with Crippen LogP contribution in [0.4, 0.5) is 0 Å². The van der Waals surface area contributed by atoms with Crippen LogP contribution in [-0.2, 0) is 16.6 Å². The number of hydrogen-bond acceptors (Lipinski definition) is 2. The predicted octanol–water partition coefficient (Wildman–Crippen LogP) is 4.23. The van der Waals surface area contributed by atoms with Gasteiger partial charge in [0.25, 0.3) is 0 Å². The van der Waals surface area contributed by atoms with Gasteiger partial charge in [0.2, 0.25) is 0 Å². The molecule has 0 aromatic heterocycles. The van der Waals surface area contributed by atoms with Crippen LogP contribution in [0.3, 0.4) is 0 Å². The molecule has 0 radical (unpaired) electrons. The number of ketones is 1. The van der Waals surface area contributed by atoms with Crippen molar-refractivity contribution in [3.05, 3.63) is 69.2 Å². The Labute approximate surface area is 133 Å². The number of Topliss-reactive ketones (excluding diaryl/α,β-unsaturated/α-hetero) is 1. The number of benzene rings is 2. The van der Waals surface area contributed by atoms with E-state index in [1.54, 1.807) is 30.3 Å². The maximum absolute atomic E-state index is 12.1. The highest BCUT2D eigenvalue weighted by atomic mass is 79.9. The van der Waals surface area contributed by atoms with Gasteiger partial charge in [-0.25, -0.2) is 0 Å². The molecule has 20 heavy (non-hydrogen) atoms. The van der Waals surface area contributed by atoms with Crippen molar-refractivity contribution >= 4 is 44.1 Å². The van der Waals surface area contributed by atoms with Gasteiger partial charge in [0.1, 0.15) is 0 Å². The summed E-state index contributed by atoms with van der Waals surface area (Å²) in [7, 11) is -1.23. The van der Waals surface area contributed by atoms with Gasteiger partial charge in [0, 0.05) is 31.6 Å². The highest BCUT2D eigenvalue weighted by molar-refractivity contribution is 9.10. The van der Waals surface area contributed by atoms with Gasteiger partial charge in [-0.3, -0.25) is 9.00 Å². The SMILES string of the molecule is O=C(CS(=O)Cc1ccc(Cl)cc1)c1ccccc1Br. The topological polar surface area (TPSA) is 34.1 Å². The van der Waals surface area contributed by atoms with Gasteiger partial charge in [-0.2, -0.15) is 0 Å². The zero-order valence-electron chi connectivity index (χ0n) is 10.5. The van der Waals surface area contributed by atoms with Gasteiger partial charge < -0.3 is 0 Å². The summed E-state index contributed by atoms with van der Waals surface area (Å²) in [4.78, 5) is 12.1. The van der Waals surface area contributed by atoms with E-state index in [-0.39, 0.29) is 11.5 Å². The summed E-state index contributed by atoms with van der Waals surface area (Å²) in [5.41, 5.74) is 1.48. The fraction of sp³-hybridized carbons (Fsp3) is 0.133. The molecule has 2 aromatic carbocycles. The van der Waals surface area contributed by atoms with Crippen LogP contribution in [0.25, 0.3) is 0 Å². The van der Waals surface area contributed by atoms with Crippen molar-refractivity contribution in [1.29, 1.82) is 0 Å². The molecule has 2 aromatic rings. The van der Waals surface area contributed by atoms with Crippen molar-refractivity contribution < 1.29 is 9.00 Å². The zero-order valence-corrected chi connectivity index (χ0v) is 13.7. The Balaban J connectivity index is 2.00. The standard InChI is InChI=1S/C15H12BrClO2S/c16-14-4-2-1-3-13(14)15(18)10-20(19)9-11-5-7-12(17)8-6-11/h1-8H,9-10H2. The number of carbonyl (C=O) groups is 1. The number of carbonyl (C=O) groups excluding carboxylic acids is 1. The molecule has 0 aliphatic heterocycles. The summed E-state index contributed by atoms with van der Waals surface area (Å²) in [5.74, 6) is 0.253. The fourth-order valence-electron chi connectivity index (χ4n) is 1.73. The molecule has 0 saturated carbocycles. The first-order chi connectivity index (χ1) is 9.56. The van der Waals surface area contributed by atoms with E-state index in [4.69, 9.17) is 11.6 Å². The van der Waals surface area contributed by atoms with E-state index in [1.165, 1.54) is 0 Å². The summed E-state index contributed by atoms with van der Waals surface area (Å²) < 4.78 is 12.8. The third-order valence-electron chi connectivity index (χ3n) is 2.71. The molecule has 1 atom stereocenters. The summed E-state index contributed by atoms with van der Waals surface area (Å²) >= 11 is 9.12. The lowest BCUT2D eigenvalue weighted by atomic mass is 10.1. The highest BCUT2D eigenvalue weighted by Crippen LogP contribution is 2.17. The molecule has 5 heteroatoms. The van der Waals surface area contributed by atoms with Gasteiger partial charge in [-0.15, -0.1) is 0 Å². The van der Waals surface area contributed by atoms with E-state index in [9.17, 15) is 9.00 Å². The van der Waals surface area contributed by atoms with Crippen LogP contribution in [-0.4, -0.2) is 15.7 Å². The molecular formula is C15H12BrClO2S. The fourth-order valence-corrected chi connectivity index (χ4v) is 3.47. The molecule has 1 unspecified atom stereocenters. The van der Waals surface area contributed by atoms with Crippen molar-refractivity contribution in [1.82, 2.24) is 0 Å². The first-order valence-corrected chi connectivity index (χ1v) is 8.59. The largest absolute Gasteiger partial charge is 0.293 e. The third-order valence-corrected chi connectivity index (χ3v) is 4.89. The Bertz CT molecular complexity index is 641. The molecule has 0 fully saturated rings. The highest BCUT2D eigenvalue weighted by Gasteiger charge is 2.13. The molecule has 0 N–H and O–H groups in total. The average Bonchev–Trinajstić information content (AvgIpc) is 2.41. The molecule has 0 aliphatic rings. The maximum atomic E-state index is 12.1. The van der Waals surface area contributed by atoms with Gasteiger partial charge in [0.05, 0.1) is 5.75 Å². The van der Waals surface area contributed by atoms with Gasteiger partial charge >= 0.3 is 0 Å². The second-order valence-electron chi connectivity index (χ2n) is 4.26. The lowest BCUT2D eigenvalue weighted by Crippen LogP contribution is -2.12.